The van der Waals surface area contributed by atoms with Crippen molar-refractivity contribution < 1.29 is 18.6 Å². The number of halogens is 2. The molecule has 2 N–H and O–H groups in total. The SMILES string of the molecule is CCC(CCO)NC(COC)c1ccc(F)c(F)c1. The van der Waals surface area contributed by atoms with Crippen molar-refractivity contribution in [2.24, 2.45) is 0 Å². The summed E-state index contributed by atoms with van der Waals surface area (Å²) in [6, 6.07) is 3.72. The molecule has 3 nitrogen and oxygen atoms in total. The lowest BCUT2D eigenvalue weighted by Crippen LogP contribution is -2.35. The molecule has 0 aliphatic rings. The molecule has 0 fully saturated rings. The number of nitrogens with one attached hydrogen (secondary N) is 1. The van der Waals surface area contributed by atoms with E-state index in [-0.39, 0.29) is 18.7 Å². The van der Waals surface area contributed by atoms with Gasteiger partial charge in [-0.1, -0.05) is 13.0 Å². The molecular formula is C14H21F2NO2. The van der Waals surface area contributed by atoms with Gasteiger partial charge < -0.3 is 15.2 Å². The van der Waals surface area contributed by atoms with E-state index in [9.17, 15) is 8.78 Å². The standard InChI is InChI=1S/C14H21F2NO2/c1-3-11(6-7-18)17-14(9-19-2)10-4-5-12(15)13(16)8-10/h4-5,8,11,14,17-18H,3,6-7,9H2,1-2H3. The lowest BCUT2D eigenvalue weighted by Gasteiger charge is -2.24. The number of aliphatic hydroxyl groups excluding tert-OH is 1. The number of methoxy groups -OCH3 is 1. The van der Waals surface area contributed by atoms with Gasteiger partial charge in [-0.2, -0.15) is 0 Å². The summed E-state index contributed by atoms with van der Waals surface area (Å²) in [7, 11) is 1.56. The fraction of sp³-hybridized carbons (Fsp3) is 0.571. The predicted molar refractivity (Wildman–Crippen MR) is 69.9 cm³/mol. The highest BCUT2D eigenvalue weighted by Crippen LogP contribution is 2.18. The normalized spacial score (nSPS) is 14.4. The Bertz CT molecular complexity index is 388. The van der Waals surface area contributed by atoms with Gasteiger partial charge in [0.25, 0.3) is 0 Å². The largest absolute Gasteiger partial charge is 0.396 e. The number of hydrogen-bond donors (Lipinski definition) is 2. The maximum absolute atomic E-state index is 13.3. The van der Waals surface area contributed by atoms with Gasteiger partial charge in [0.05, 0.1) is 12.6 Å². The Hall–Kier alpha value is -1.04. The van der Waals surface area contributed by atoms with Crippen LogP contribution in [0, 0.1) is 11.6 Å². The monoisotopic (exact) mass is 273 g/mol. The second-order valence-corrected chi connectivity index (χ2v) is 4.47. The second-order valence-electron chi connectivity index (χ2n) is 4.47. The van der Waals surface area contributed by atoms with Crippen molar-refractivity contribution in [1.29, 1.82) is 0 Å². The Balaban J connectivity index is 2.83. The molecule has 0 heterocycles. The molecule has 2 atom stereocenters. The Morgan fingerprint density at radius 1 is 1.32 bits per heavy atom. The third-order valence-electron chi connectivity index (χ3n) is 3.09. The van der Waals surface area contributed by atoms with Crippen molar-refractivity contribution in [3.63, 3.8) is 0 Å². The van der Waals surface area contributed by atoms with Gasteiger partial charge in [0.1, 0.15) is 0 Å². The van der Waals surface area contributed by atoms with Gasteiger partial charge in [0.2, 0.25) is 0 Å². The molecule has 19 heavy (non-hydrogen) atoms. The summed E-state index contributed by atoms with van der Waals surface area (Å²) in [6.45, 7) is 2.44. The highest BCUT2D eigenvalue weighted by atomic mass is 19.2. The van der Waals surface area contributed by atoms with E-state index in [0.29, 0.717) is 18.6 Å². The van der Waals surface area contributed by atoms with E-state index in [4.69, 9.17) is 9.84 Å². The van der Waals surface area contributed by atoms with Gasteiger partial charge in [0, 0.05) is 19.8 Å². The molecule has 0 aromatic heterocycles. The Morgan fingerprint density at radius 2 is 2.05 bits per heavy atom. The maximum Gasteiger partial charge on any atom is 0.159 e. The van der Waals surface area contributed by atoms with Crippen LogP contribution in [0.5, 0.6) is 0 Å². The summed E-state index contributed by atoms with van der Waals surface area (Å²) in [5.74, 6) is -1.72. The second kappa shape index (κ2) is 8.19. The van der Waals surface area contributed by atoms with E-state index < -0.39 is 11.6 Å². The molecule has 1 rings (SSSR count). The van der Waals surface area contributed by atoms with Crippen LogP contribution in [0.1, 0.15) is 31.4 Å². The number of hydrogen-bond acceptors (Lipinski definition) is 3. The van der Waals surface area contributed by atoms with Crippen molar-refractivity contribution >= 4 is 0 Å². The highest BCUT2D eigenvalue weighted by molar-refractivity contribution is 5.21. The van der Waals surface area contributed by atoms with Crippen LogP contribution in [0.25, 0.3) is 0 Å². The number of rotatable bonds is 8. The molecule has 1 aromatic carbocycles. The van der Waals surface area contributed by atoms with E-state index >= 15 is 0 Å². The fourth-order valence-corrected chi connectivity index (χ4v) is 1.98. The molecule has 0 spiro atoms. The summed E-state index contributed by atoms with van der Waals surface area (Å²) in [6.07, 6.45) is 1.45. The molecule has 1 aromatic rings. The van der Waals surface area contributed by atoms with Crippen molar-refractivity contribution in [3.05, 3.63) is 35.4 Å². The quantitative estimate of drug-likeness (QED) is 0.764. The average molecular weight is 273 g/mol. The Labute approximate surface area is 112 Å². The molecule has 0 radical (unpaired) electrons. The first-order chi connectivity index (χ1) is 9.12. The topological polar surface area (TPSA) is 41.5 Å². The zero-order valence-electron chi connectivity index (χ0n) is 11.3. The van der Waals surface area contributed by atoms with Crippen molar-refractivity contribution in [3.8, 4) is 0 Å². The first-order valence-corrected chi connectivity index (χ1v) is 6.43. The lowest BCUT2D eigenvalue weighted by atomic mass is 10.0. The van der Waals surface area contributed by atoms with E-state index in [0.717, 1.165) is 12.5 Å². The smallest absolute Gasteiger partial charge is 0.159 e. The number of aliphatic hydroxyl groups is 1. The van der Waals surface area contributed by atoms with Crippen molar-refractivity contribution in [2.75, 3.05) is 20.3 Å². The zero-order valence-corrected chi connectivity index (χ0v) is 11.3. The van der Waals surface area contributed by atoms with Gasteiger partial charge in [-0.15, -0.1) is 0 Å². The van der Waals surface area contributed by atoms with E-state index in [1.165, 1.54) is 6.07 Å². The molecule has 5 heteroatoms. The van der Waals surface area contributed by atoms with Crippen LogP contribution < -0.4 is 5.32 Å². The number of ether oxygens (including phenoxy) is 1. The van der Waals surface area contributed by atoms with Gasteiger partial charge in [-0.05, 0) is 30.5 Å². The molecule has 0 bridgehead atoms. The summed E-state index contributed by atoms with van der Waals surface area (Å²) >= 11 is 0. The van der Waals surface area contributed by atoms with E-state index in [1.807, 2.05) is 6.92 Å². The molecule has 108 valence electrons. The van der Waals surface area contributed by atoms with Crippen molar-refractivity contribution in [2.45, 2.75) is 31.8 Å². The fourth-order valence-electron chi connectivity index (χ4n) is 1.98. The van der Waals surface area contributed by atoms with Gasteiger partial charge in [0.15, 0.2) is 11.6 Å². The Kier molecular flexibility index (Phi) is 6.91. The van der Waals surface area contributed by atoms with Crippen LogP contribution in [0.3, 0.4) is 0 Å². The van der Waals surface area contributed by atoms with Crippen LogP contribution in [-0.4, -0.2) is 31.5 Å². The molecular weight excluding hydrogens is 252 g/mol. The molecule has 0 aliphatic heterocycles. The molecule has 0 saturated heterocycles. The first-order valence-electron chi connectivity index (χ1n) is 6.43. The van der Waals surface area contributed by atoms with Crippen LogP contribution >= 0.6 is 0 Å². The van der Waals surface area contributed by atoms with Gasteiger partial charge in [-0.25, -0.2) is 8.78 Å². The first kappa shape index (κ1) is 16.0. The maximum atomic E-state index is 13.3. The summed E-state index contributed by atoms with van der Waals surface area (Å²) in [5, 5.41) is 12.3. The average Bonchev–Trinajstić information content (AvgIpc) is 2.40. The number of benzene rings is 1. The van der Waals surface area contributed by atoms with Gasteiger partial charge >= 0.3 is 0 Å². The molecule has 2 unspecified atom stereocenters. The van der Waals surface area contributed by atoms with Crippen LogP contribution in [0.4, 0.5) is 8.78 Å². The summed E-state index contributed by atoms with van der Waals surface area (Å²) < 4.78 is 31.3. The lowest BCUT2D eigenvalue weighted by molar-refractivity contribution is 0.155. The van der Waals surface area contributed by atoms with Crippen molar-refractivity contribution in [1.82, 2.24) is 5.32 Å². The predicted octanol–water partition coefficient (Wildman–Crippen LogP) is 2.40. The molecule has 0 amide bonds. The molecule has 0 aliphatic carbocycles. The Morgan fingerprint density at radius 3 is 2.58 bits per heavy atom. The molecule has 0 saturated carbocycles. The minimum Gasteiger partial charge on any atom is -0.396 e. The van der Waals surface area contributed by atoms with E-state index in [2.05, 4.69) is 5.32 Å². The van der Waals surface area contributed by atoms with Crippen LogP contribution in [0.15, 0.2) is 18.2 Å². The third-order valence-corrected chi connectivity index (χ3v) is 3.09. The van der Waals surface area contributed by atoms with Crippen LogP contribution in [0.2, 0.25) is 0 Å². The van der Waals surface area contributed by atoms with Gasteiger partial charge in [-0.3, -0.25) is 0 Å². The zero-order chi connectivity index (χ0) is 14.3. The minimum atomic E-state index is -0.865. The summed E-state index contributed by atoms with van der Waals surface area (Å²) in [5.41, 5.74) is 0.636. The highest BCUT2D eigenvalue weighted by Gasteiger charge is 2.17. The van der Waals surface area contributed by atoms with E-state index in [1.54, 1.807) is 13.2 Å². The minimum absolute atomic E-state index is 0.0863. The van der Waals surface area contributed by atoms with Crippen LogP contribution in [-0.2, 0) is 4.74 Å². The third kappa shape index (κ3) is 4.86. The summed E-state index contributed by atoms with van der Waals surface area (Å²) in [4.78, 5) is 0.